The number of nitrogens with one attached hydrogen (secondary N) is 1. The largest absolute Gasteiger partial charge is 0.375 e. The molecule has 0 heterocycles. The molecule has 3 aromatic carbocycles. The van der Waals surface area contributed by atoms with Gasteiger partial charge < -0.3 is 10.1 Å². The van der Waals surface area contributed by atoms with E-state index >= 15 is 0 Å². The molecular formula is C26H29NO. The number of hydrogen-bond donors (Lipinski definition) is 1. The molecule has 0 fully saturated rings. The molecule has 144 valence electrons. The second-order valence-electron chi connectivity index (χ2n) is 7.25. The summed E-state index contributed by atoms with van der Waals surface area (Å²) in [4.78, 5) is 0. The molecule has 3 rings (SSSR count). The fraction of sp³-hybridized carbons (Fsp3) is 0.231. The van der Waals surface area contributed by atoms with Gasteiger partial charge in [0.25, 0.3) is 0 Å². The maximum Gasteiger partial charge on any atom is 0.102 e. The minimum atomic E-state index is -0.0973. The van der Waals surface area contributed by atoms with E-state index in [1.165, 1.54) is 11.1 Å². The standard InChI is InChI=1S/C26H29NO/c1-20(2)19-24(21-13-7-4-8-14-21)27-25(22-15-9-5-10-16-22)26(28-3)23-17-11-6-12-18-23/h4-18,24-27H,1,19H2,2-3H3/t24-,25-,26+/m1/s1. The highest BCUT2D eigenvalue weighted by molar-refractivity contribution is 5.28. The van der Waals surface area contributed by atoms with Gasteiger partial charge in [0.1, 0.15) is 6.10 Å². The summed E-state index contributed by atoms with van der Waals surface area (Å²) in [6.07, 6.45) is 0.776. The van der Waals surface area contributed by atoms with Gasteiger partial charge in [-0.05, 0) is 30.0 Å². The first-order valence-electron chi connectivity index (χ1n) is 9.77. The summed E-state index contributed by atoms with van der Waals surface area (Å²) in [5, 5.41) is 3.88. The summed E-state index contributed by atoms with van der Waals surface area (Å²) >= 11 is 0. The number of benzene rings is 3. The number of ether oxygens (including phenoxy) is 1. The smallest absolute Gasteiger partial charge is 0.102 e. The molecule has 1 N–H and O–H groups in total. The monoisotopic (exact) mass is 371 g/mol. The zero-order valence-corrected chi connectivity index (χ0v) is 16.7. The Labute approximate surface area is 168 Å². The van der Waals surface area contributed by atoms with Gasteiger partial charge in [0.2, 0.25) is 0 Å². The Morgan fingerprint density at radius 1 is 0.786 bits per heavy atom. The fourth-order valence-electron chi connectivity index (χ4n) is 3.65. The molecule has 0 aliphatic carbocycles. The highest BCUT2D eigenvalue weighted by Gasteiger charge is 2.27. The molecule has 0 saturated heterocycles. The summed E-state index contributed by atoms with van der Waals surface area (Å²) in [5.41, 5.74) is 4.78. The third kappa shape index (κ3) is 5.19. The van der Waals surface area contributed by atoms with Crippen LogP contribution >= 0.6 is 0 Å². The van der Waals surface area contributed by atoms with Crippen LogP contribution in [0.15, 0.2) is 103 Å². The van der Waals surface area contributed by atoms with Gasteiger partial charge in [0.05, 0.1) is 6.04 Å². The third-order valence-electron chi connectivity index (χ3n) is 4.98. The zero-order valence-electron chi connectivity index (χ0n) is 16.7. The van der Waals surface area contributed by atoms with Crippen LogP contribution in [0.4, 0.5) is 0 Å². The van der Waals surface area contributed by atoms with Crippen LogP contribution < -0.4 is 5.32 Å². The molecule has 3 atom stereocenters. The molecule has 0 bridgehead atoms. The molecule has 0 unspecified atom stereocenters. The molecule has 0 spiro atoms. The molecule has 0 saturated carbocycles. The molecule has 0 amide bonds. The van der Waals surface area contributed by atoms with Crippen molar-refractivity contribution < 1.29 is 4.74 Å². The summed E-state index contributed by atoms with van der Waals surface area (Å²) in [6, 6.07) is 31.7. The van der Waals surface area contributed by atoms with Gasteiger partial charge in [0, 0.05) is 13.2 Å². The summed E-state index contributed by atoms with van der Waals surface area (Å²) in [5.74, 6) is 0. The van der Waals surface area contributed by atoms with Gasteiger partial charge >= 0.3 is 0 Å². The van der Waals surface area contributed by atoms with Crippen molar-refractivity contribution >= 4 is 0 Å². The lowest BCUT2D eigenvalue weighted by molar-refractivity contribution is 0.0629. The molecule has 0 aliphatic heterocycles. The molecule has 2 heteroatoms. The predicted molar refractivity (Wildman–Crippen MR) is 117 cm³/mol. The van der Waals surface area contributed by atoms with Crippen LogP contribution in [-0.4, -0.2) is 7.11 Å². The Hall–Kier alpha value is -2.68. The van der Waals surface area contributed by atoms with E-state index < -0.39 is 0 Å². The lowest BCUT2D eigenvalue weighted by Gasteiger charge is -2.32. The average Bonchev–Trinajstić information content (AvgIpc) is 2.74. The summed E-state index contributed by atoms with van der Waals surface area (Å²) in [6.45, 7) is 6.24. The van der Waals surface area contributed by atoms with E-state index in [4.69, 9.17) is 4.74 Å². The van der Waals surface area contributed by atoms with E-state index in [-0.39, 0.29) is 18.2 Å². The predicted octanol–water partition coefficient (Wildman–Crippen LogP) is 6.41. The Bertz CT molecular complexity index is 845. The Balaban J connectivity index is 1.99. The zero-order chi connectivity index (χ0) is 19.8. The van der Waals surface area contributed by atoms with E-state index in [2.05, 4.69) is 97.7 Å². The Kier molecular flexibility index (Phi) is 7.18. The SMILES string of the molecule is C=C(C)C[C@@H](N[C@H](c1ccccc1)[C@@H](OC)c1ccccc1)c1ccccc1. The topological polar surface area (TPSA) is 21.3 Å². The number of rotatable bonds is 9. The lowest BCUT2D eigenvalue weighted by Crippen LogP contribution is -2.32. The second kappa shape index (κ2) is 10.0. The van der Waals surface area contributed by atoms with Gasteiger partial charge in [-0.25, -0.2) is 0 Å². The lowest BCUT2D eigenvalue weighted by atomic mass is 9.92. The van der Waals surface area contributed by atoms with Crippen molar-refractivity contribution in [3.05, 3.63) is 120 Å². The first kappa shape index (κ1) is 20.1. The summed E-state index contributed by atoms with van der Waals surface area (Å²) in [7, 11) is 1.78. The number of methoxy groups -OCH3 is 1. The molecule has 0 aromatic heterocycles. The van der Waals surface area contributed by atoms with Crippen LogP contribution in [0.25, 0.3) is 0 Å². The molecule has 3 aromatic rings. The van der Waals surface area contributed by atoms with Crippen LogP contribution in [0.3, 0.4) is 0 Å². The van der Waals surface area contributed by atoms with Gasteiger partial charge in [-0.2, -0.15) is 0 Å². The molecule has 28 heavy (non-hydrogen) atoms. The van der Waals surface area contributed by atoms with Crippen molar-refractivity contribution in [2.24, 2.45) is 0 Å². The summed E-state index contributed by atoms with van der Waals surface area (Å²) < 4.78 is 6.01. The van der Waals surface area contributed by atoms with Crippen molar-refractivity contribution in [3.8, 4) is 0 Å². The number of hydrogen-bond acceptors (Lipinski definition) is 2. The van der Waals surface area contributed by atoms with Crippen LogP contribution in [0.2, 0.25) is 0 Å². The molecule has 0 aliphatic rings. The van der Waals surface area contributed by atoms with Gasteiger partial charge in [-0.3, -0.25) is 0 Å². The molecule has 2 nitrogen and oxygen atoms in total. The maximum atomic E-state index is 6.01. The fourth-order valence-corrected chi connectivity index (χ4v) is 3.65. The van der Waals surface area contributed by atoms with Crippen LogP contribution in [0.5, 0.6) is 0 Å². The molecular weight excluding hydrogens is 342 g/mol. The first-order valence-corrected chi connectivity index (χ1v) is 9.77. The van der Waals surface area contributed by atoms with E-state index in [1.807, 2.05) is 12.1 Å². The third-order valence-corrected chi connectivity index (χ3v) is 4.98. The minimum Gasteiger partial charge on any atom is -0.375 e. The van der Waals surface area contributed by atoms with Gasteiger partial charge in [0.15, 0.2) is 0 Å². The van der Waals surface area contributed by atoms with Crippen molar-refractivity contribution in [3.63, 3.8) is 0 Å². The van der Waals surface area contributed by atoms with Crippen molar-refractivity contribution in [1.29, 1.82) is 0 Å². The molecule has 0 radical (unpaired) electrons. The van der Waals surface area contributed by atoms with E-state index in [0.717, 1.165) is 17.6 Å². The van der Waals surface area contributed by atoms with Crippen LogP contribution in [-0.2, 0) is 4.74 Å². The first-order chi connectivity index (χ1) is 13.7. The van der Waals surface area contributed by atoms with E-state index in [9.17, 15) is 0 Å². The second-order valence-corrected chi connectivity index (χ2v) is 7.25. The van der Waals surface area contributed by atoms with Crippen molar-refractivity contribution in [2.45, 2.75) is 31.5 Å². The maximum absolute atomic E-state index is 6.01. The highest BCUT2D eigenvalue weighted by Crippen LogP contribution is 2.35. The van der Waals surface area contributed by atoms with Gasteiger partial charge in [-0.15, -0.1) is 6.58 Å². The van der Waals surface area contributed by atoms with Crippen LogP contribution in [0.1, 0.15) is 48.2 Å². The van der Waals surface area contributed by atoms with Gasteiger partial charge in [-0.1, -0.05) is 96.6 Å². The van der Waals surface area contributed by atoms with E-state index in [1.54, 1.807) is 7.11 Å². The highest BCUT2D eigenvalue weighted by atomic mass is 16.5. The van der Waals surface area contributed by atoms with Crippen LogP contribution in [0, 0.1) is 0 Å². The normalized spacial score (nSPS) is 14.2. The Morgan fingerprint density at radius 2 is 1.25 bits per heavy atom. The Morgan fingerprint density at radius 3 is 1.71 bits per heavy atom. The quantitative estimate of drug-likeness (QED) is 0.439. The minimum absolute atomic E-state index is 0.0122. The van der Waals surface area contributed by atoms with E-state index in [0.29, 0.717) is 0 Å². The van der Waals surface area contributed by atoms with Crippen molar-refractivity contribution in [1.82, 2.24) is 5.32 Å². The van der Waals surface area contributed by atoms with Crippen molar-refractivity contribution in [2.75, 3.05) is 7.11 Å². The average molecular weight is 372 g/mol.